The zero-order valence-electron chi connectivity index (χ0n) is 12.6. The van der Waals surface area contributed by atoms with E-state index in [4.69, 9.17) is 4.74 Å². The molecule has 1 spiro atoms. The van der Waals surface area contributed by atoms with E-state index >= 15 is 0 Å². The van der Waals surface area contributed by atoms with Gasteiger partial charge < -0.3 is 14.7 Å². The number of amides is 1. The standard InChI is InChI=1S/C16H18N2O3S2/c19-13(12-2-1-8-22-12)18-6-3-15(4-7-18)10-16(20,11-21-15)14-17-5-9-23-14/h1-2,5,8-9,20H,3-4,6-7,10-11H2. The Kier molecular flexibility index (Phi) is 3.76. The van der Waals surface area contributed by atoms with Gasteiger partial charge in [-0.15, -0.1) is 22.7 Å². The smallest absolute Gasteiger partial charge is 0.263 e. The molecule has 1 amide bonds. The fourth-order valence-electron chi connectivity index (χ4n) is 3.49. The second kappa shape index (κ2) is 5.66. The fourth-order valence-corrected chi connectivity index (χ4v) is 4.91. The van der Waals surface area contributed by atoms with E-state index in [0.29, 0.717) is 26.1 Å². The Morgan fingerprint density at radius 1 is 1.30 bits per heavy atom. The van der Waals surface area contributed by atoms with Crippen LogP contribution in [0.15, 0.2) is 29.1 Å². The average Bonchev–Trinajstić information content (AvgIpc) is 3.30. The van der Waals surface area contributed by atoms with Gasteiger partial charge in [0.05, 0.1) is 17.1 Å². The van der Waals surface area contributed by atoms with Gasteiger partial charge in [-0.25, -0.2) is 4.98 Å². The number of ether oxygens (including phenoxy) is 1. The van der Waals surface area contributed by atoms with Crippen LogP contribution in [0.5, 0.6) is 0 Å². The molecule has 5 nitrogen and oxygen atoms in total. The highest BCUT2D eigenvalue weighted by Gasteiger charge is 2.52. The lowest BCUT2D eigenvalue weighted by atomic mass is 9.83. The number of nitrogens with zero attached hydrogens (tertiary/aromatic N) is 2. The third-order valence-electron chi connectivity index (χ3n) is 4.76. The highest BCUT2D eigenvalue weighted by atomic mass is 32.1. The van der Waals surface area contributed by atoms with Crippen LogP contribution >= 0.6 is 22.7 Å². The summed E-state index contributed by atoms with van der Waals surface area (Å²) in [5, 5.41) is 15.4. The monoisotopic (exact) mass is 350 g/mol. The van der Waals surface area contributed by atoms with Crippen molar-refractivity contribution >= 4 is 28.6 Å². The first-order chi connectivity index (χ1) is 11.1. The number of carbonyl (C=O) groups is 1. The highest BCUT2D eigenvalue weighted by Crippen LogP contribution is 2.45. The Labute approximate surface area is 142 Å². The maximum Gasteiger partial charge on any atom is 0.263 e. The number of likely N-dealkylation sites (tertiary alicyclic amines) is 1. The van der Waals surface area contributed by atoms with Crippen molar-refractivity contribution in [3.05, 3.63) is 39.0 Å². The SMILES string of the molecule is O=C(c1cccs1)N1CCC2(CC1)CC(O)(c1nccs1)CO2. The van der Waals surface area contributed by atoms with E-state index in [1.165, 1.54) is 22.7 Å². The predicted molar refractivity (Wildman–Crippen MR) is 88.8 cm³/mol. The summed E-state index contributed by atoms with van der Waals surface area (Å²) in [5.74, 6) is 0.100. The first kappa shape index (κ1) is 15.3. The van der Waals surface area contributed by atoms with Crippen molar-refractivity contribution in [3.63, 3.8) is 0 Å². The minimum absolute atomic E-state index is 0.100. The van der Waals surface area contributed by atoms with Gasteiger partial charge in [0.15, 0.2) is 0 Å². The minimum Gasteiger partial charge on any atom is -0.380 e. The summed E-state index contributed by atoms with van der Waals surface area (Å²) >= 11 is 2.94. The van der Waals surface area contributed by atoms with Crippen LogP contribution in [0.4, 0.5) is 0 Å². The lowest BCUT2D eigenvalue weighted by Crippen LogP contribution is -2.46. The van der Waals surface area contributed by atoms with Crippen LogP contribution in [-0.2, 0) is 10.3 Å². The molecular weight excluding hydrogens is 332 g/mol. The van der Waals surface area contributed by atoms with Crippen LogP contribution in [0, 0.1) is 0 Å². The van der Waals surface area contributed by atoms with Gasteiger partial charge in [-0.05, 0) is 24.3 Å². The van der Waals surface area contributed by atoms with Crippen LogP contribution < -0.4 is 0 Å². The number of hydrogen-bond donors (Lipinski definition) is 1. The normalized spacial score (nSPS) is 26.7. The first-order valence-electron chi connectivity index (χ1n) is 7.69. The third kappa shape index (κ3) is 2.71. The van der Waals surface area contributed by atoms with Crippen molar-refractivity contribution in [2.24, 2.45) is 0 Å². The summed E-state index contributed by atoms with van der Waals surface area (Å²) in [4.78, 5) is 19.3. The molecule has 23 heavy (non-hydrogen) atoms. The molecule has 2 aliphatic rings. The topological polar surface area (TPSA) is 62.7 Å². The number of aromatic nitrogens is 1. The number of aliphatic hydroxyl groups is 1. The Balaban J connectivity index is 1.43. The Hall–Kier alpha value is -1.28. The summed E-state index contributed by atoms with van der Waals surface area (Å²) in [6.07, 6.45) is 3.80. The summed E-state index contributed by atoms with van der Waals surface area (Å²) in [5.41, 5.74) is -1.30. The molecule has 4 heterocycles. The summed E-state index contributed by atoms with van der Waals surface area (Å²) in [7, 11) is 0. The number of hydrogen-bond acceptors (Lipinski definition) is 6. The molecule has 1 unspecified atom stereocenters. The molecule has 2 aromatic rings. The van der Waals surface area contributed by atoms with E-state index in [-0.39, 0.29) is 11.5 Å². The number of thiazole rings is 1. The van der Waals surface area contributed by atoms with Gasteiger partial charge in [0, 0.05) is 31.1 Å². The van der Waals surface area contributed by atoms with Gasteiger partial charge in [0.2, 0.25) is 0 Å². The van der Waals surface area contributed by atoms with E-state index in [1.807, 2.05) is 27.8 Å². The zero-order chi connectivity index (χ0) is 15.9. The number of piperidine rings is 1. The van der Waals surface area contributed by atoms with Gasteiger partial charge in [0.25, 0.3) is 5.91 Å². The molecule has 4 rings (SSSR count). The minimum atomic E-state index is -0.978. The summed E-state index contributed by atoms with van der Waals surface area (Å²) in [6, 6.07) is 3.77. The molecular formula is C16H18N2O3S2. The average molecular weight is 350 g/mol. The Bertz CT molecular complexity index is 678. The Morgan fingerprint density at radius 2 is 2.13 bits per heavy atom. The number of thiophene rings is 1. The van der Waals surface area contributed by atoms with E-state index < -0.39 is 5.60 Å². The number of carbonyl (C=O) groups excluding carboxylic acids is 1. The molecule has 0 aromatic carbocycles. The molecule has 2 fully saturated rings. The molecule has 2 aromatic heterocycles. The van der Waals surface area contributed by atoms with Crippen LogP contribution in [0.25, 0.3) is 0 Å². The van der Waals surface area contributed by atoms with Crippen molar-refractivity contribution < 1.29 is 14.6 Å². The molecule has 0 aliphatic carbocycles. The van der Waals surface area contributed by atoms with Crippen molar-refractivity contribution in [2.75, 3.05) is 19.7 Å². The molecule has 0 saturated carbocycles. The van der Waals surface area contributed by atoms with E-state index in [2.05, 4.69) is 4.98 Å². The lowest BCUT2D eigenvalue weighted by molar-refractivity contribution is -0.0430. The number of rotatable bonds is 2. The van der Waals surface area contributed by atoms with Crippen LogP contribution in [0.2, 0.25) is 0 Å². The van der Waals surface area contributed by atoms with Gasteiger partial charge in [-0.3, -0.25) is 4.79 Å². The molecule has 1 atom stereocenters. The molecule has 122 valence electrons. The van der Waals surface area contributed by atoms with E-state index in [1.54, 1.807) is 6.20 Å². The second-order valence-corrected chi connectivity index (χ2v) is 8.13. The maximum atomic E-state index is 12.4. The highest BCUT2D eigenvalue weighted by molar-refractivity contribution is 7.12. The lowest BCUT2D eigenvalue weighted by Gasteiger charge is -2.38. The largest absolute Gasteiger partial charge is 0.380 e. The van der Waals surface area contributed by atoms with Gasteiger partial charge in [-0.2, -0.15) is 0 Å². The Morgan fingerprint density at radius 3 is 2.78 bits per heavy atom. The van der Waals surface area contributed by atoms with E-state index in [0.717, 1.165) is 22.7 Å². The van der Waals surface area contributed by atoms with Crippen molar-refractivity contribution in [3.8, 4) is 0 Å². The summed E-state index contributed by atoms with van der Waals surface area (Å²) < 4.78 is 6.02. The van der Waals surface area contributed by atoms with Gasteiger partial charge in [0.1, 0.15) is 10.6 Å². The van der Waals surface area contributed by atoms with Crippen LogP contribution in [0.3, 0.4) is 0 Å². The maximum absolute atomic E-state index is 12.4. The predicted octanol–water partition coefficient (Wildman–Crippen LogP) is 2.49. The molecule has 2 aliphatic heterocycles. The third-order valence-corrected chi connectivity index (χ3v) is 6.58. The van der Waals surface area contributed by atoms with Crippen molar-refractivity contribution in [2.45, 2.75) is 30.5 Å². The van der Waals surface area contributed by atoms with Gasteiger partial charge >= 0.3 is 0 Å². The van der Waals surface area contributed by atoms with Crippen LogP contribution in [-0.4, -0.2) is 46.2 Å². The van der Waals surface area contributed by atoms with Gasteiger partial charge in [-0.1, -0.05) is 6.07 Å². The molecule has 2 saturated heterocycles. The molecule has 0 bridgehead atoms. The van der Waals surface area contributed by atoms with E-state index in [9.17, 15) is 9.90 Å². The molecule has 1 N–H and O–H groups in total. The van der Waals surface area contributed by atoms with Crippen molar-refractivity contribution in [1.82, 2.24) is 9.88 Å². The molecule has 7 heteroatoms. The molecule has 0 radical (unpaired) electrons. The fraction of sp³-hybridized carbons (Fsp3) is 0.500. The second-order valence-electron chi connectivity index (χ2n) is 6.29. The van der Waals surface area contributed by atoms with Crippen molar-refractivity contribution in [1.29, 1.82) is 0 Å². The summed E-state index contributed by atoms with van der Waals surface area (Å²) in [6.45, 7) is 1.63. The zero-order valence-corrected chi connectivity index (χ0v) is 14.2. The quantitative estimate of drug-likeness (QED) is 0.904. The first-order valence-corrected chi connectivity index (χ1v) is 9.45. The van der Waals surface area contributed by atoms with Crippen LogP contribution in [0.1, 0.15) is 33.9 Å².